The van der Waals surface area contributed by atoms with Gasteiger partial charge in [0, 0.05) is 105 Å². The lowest BCUT2D eigenvalue weighted by Gasteiger charge is -2.51. The number of carbonyl (C=O) groups excluding carboxylic acids is 7. The van der Waals surface area contributed by atoms with Crippen LogP contribution in [-0.2, 0) is 58.6 Å². The molecule has 0 radical (unpaired) electrons. The molecule has 8 rings (SSSR count). The van der Waals surface area contributed by atoms with Crippen molar-refractivity contribution in [2.45, 2.75) is 216 Å². The van der Waals surface area contributed by atoms with Crippen LogP contribution in [0.5, 0.6) is 0 Å². The van der Waals surface area contributed by atoms with Crippen LogP contribution in [0, 0.1) is 0 Å². The van der Waals surface area contributed by atoms with E-state index < -0.39 is 56.1 Å². The van der Waals surface area contributed by atoms with Crippen LogP contribution in [0.1, 0.15) is 232 Å². The molecule has 1 fully saturated rings. The van der Waals surface area contributed by atoms with E-state index in [4.69, 9.17) is 24.5 Å². The molecule has 7 amide bonds. The van der Waals surface area contributed by atoms with Gasteiger partial charge in [-0.25, -0.2) is 4.79 Å². The second-order valence-electron chi connectivity index (χ2n) is 27.8. The summed E-state index contributed by atoms with van der Waals surface area (Å²) in [5.41, 5.74) is 15.5. The average Bonchev–Trinajstić information content (AvgIpc) is 0.937. The summed E-state index contributed by atoms with van der Waals surface area (Å²) in [5.74, 6) is -1.62. The highest BCUT2D eigenvalue weighted by Gasteiger charge is 2.52. The summed E-state index contributed by atoms with van der Waals surface area (Å²) in [7, 11) is -1.68. The molecule has 0 spiro atoms. The second-order valence-corrected chi connectivity index (χ2v) is 29.2. The van der Waals surface area contributed by atoms with Crippen molar-refractivity contribution in [2.75, 3.05) is 95.9 Å². The number of azide groups is 1. The minimum Gasteiger partial charge on any atom is -0.444 e. The van der Waals surface area contributed by atoms with Gasteiger partial charge in [0.15, 0.2) is 0 Å². The number of amides is 7. The standard InChI is InChI=1S/C76H107FN10O13S/c1-8-10-12-14-17-21-25-67(88)80-55-30-35-60-63(49-55)76(39-38-70(91)85(6)41-43-97-45-47-99-48-46-98-44-42-86(7)73(93)66-52-58(83-84-78)53-87(66)72(92)54-28-33-59(34-29-54)101(77,95)96)64-50-56(81-68(89)26-22-18-15-13-11-9-2)31-36-61(64)71(60)62-37-32-57(51-65(62)76)82-69(90)27-23-19-16-20-24-40-79-74(94)100-75(3,4)5/h28-37,49-51,58,66,71H,8-27,38-48,52-53H2,1-7H3,(H,79,94)(H,80,88)(H,81,89)(H,82,90)/t58-,66-,71?,76?/m0/s1. The number of nitrogens with one attached hydrogen (secondary N) is 4. The maximum Gasteiger partial charge on any atom is 0.407 e. The van der Waals surface area contributed by atoms with Crippen molar-refractivity contribution in [3.63, 3.8) is 0 Å². The van der Waals surface area contributed by atoms with Crippen molar-refractivity contribution < 1.29 is 64.8 Å². The largest absolute Gasteiger partial charge is 0.444 e. The van der Waals surface area contributed by atoms with Crippen molar-refractivity contribution in [3.05, 3.63) is 128 Å². The summed E-state index contributed by atoms with van der Waals surface area (Å²) in [5, 5.41) is 16.2. The van der Waals surface area contributed by atoms with Crippen molar-refractivity contribution in [3.8, 4) is 0 Å². The molecular weight excluding hydrogens is 1310 g/mol. The van der Waals surface area contributed by atoms with E-state index in [1.54, 1.807) is 19.0 Å². The highest BCUT2D eigenvalue weighted by molar-refractivity contribution is 7.86. The molecule has 23 nitrogen and oxygen atoms in total. The fourth-order valence-electron chi connectivity index (χ4n) is 13.6. The molecule has 0 unspecified atom stereocenters. The van der Waals surface area contributed by atoms with Gasteiger partial charge in [0.05, 0.1) is 50.6 Å². The molecule has 0 aromatic heterocycles. The van der Waals surface area contributed by atoms with E-state index in [9.17, 15) is 45.9 Å². The Morgan fingerprint density at radius 1 is 0.604 bits per heavy atom. The molecule has 4 aromatic carbocycles. The lowest BCUT2D eigenvalue weighted by atomic mass is 9.51. The predicted molar refractivity (Wildman–Crippen MR) is 388 cm³/mol. The van der Waals surface area contributed by atoms with Crippen molar-refractivity contribution >= 4 is 68.8 Å². The number of benzene rings is 4. The first kappa shape index (κ1) is 80.4. The summed E-state index contributed by atoms with van der Waals surface area (Å²) >= 11 is 0. The molecule has 4 aliphatic rings. The molecule has 2 bridgehead atoms. The summed E-state index contributed by atoms with van der Waals surface area (Å²) < 4.78 is 59.0. The topological polar surface area (TPSA) is 297 Å². The SMILES string of the molecule is CCCCCCCCC(=O)Nc1ccc2c(c1)C1(CCC(=O)N(C)CCOCCOCCOCCN(C)C(=O)[C@@H]3C[C@H](N=[N+]=[N-])CN3C(=O)c3ccc(S(=O)(=O)F)cc3)c3cc(NC(=O)CCCCCCCC)ccc3C2c2ccc(NC(=O)CCCCCCCNC(=O)OC(C)(C)C)cc21. The van der Waals surface area contributed by atoms with Gasteiger partial charge in [0.25, 0.3) is 5.91 Å². The van der Waals surface area contributed by atoms with Crippen LogP contribution in [0.4, 0.5) is 25.7 Å². The normalized spacial score (nSPS) is 16.5. The van der Waals surface area contributed by atoms with Crippen LogP contribution in [0.25, 0.3) is 10.4 Å². The molecule has 101 heavy (non-hydrogen) atoms. The fraction of sp³-hybridized carbons (Fsp3) is 0.592. The minimum atomic E-state index is -4.99. The molecule has 3 aliphatic carbocycles. The first-order valence-electron chi connectivity index (χ1n) is 36.4. The molecule has 1 saturated heterocycles. The third kappa shape index (κ3) is 24.1. The summed E-state index contributed by atoms with van der Waals surface area (Å²) in [6, 6.07) is 21.0. The Morgan fingerprint density at radius 3 is 1.49 bits per heavy atom. The molecule has 4 N–H and O–H groups in total. The van der Waals surface area contributed by atoms with Gasteiger partial charge < -0.3 is 54.9 Å². The van der Waals surface area contributed by atoms with Gasteiger partial charge >= 0.3 is 16.3 Å². The number of carbonyl (C=O) groups is 7. The Hall–Kier alpha value is -7.96. The Balaban J connectivity index is 0.985. The number of nitrogens with zero attached hydrogens (tertiary/aromatic N) is 6. The van der Waals surface area contributed by atoms with E-state index in [0.29, 0.717) is 55.7 Å². The molecular formula is C76H107FN10O13S. The Labute approximate surface area is 596 Å². The van der Waals surface area contributed by atoms with Gasteiger partial charge in [0.2, 0.25) is 29.5 Å². The third-order valence-corrected chi connectivity index (χ3v) is 19.7. The van der Waals surface area contributed by atoms with Crippen LogP contribution in [0.2, 0.25) is 0 Å². The number of alkyl carbamates (subject to hydrolysis) is 1. The van der Waals surface area contributed by atoms with E-state index in [1.165, 1.54) is 22.6 Å². The fourth-order valence-corrected chi connectivity index (χ4v) is 14.1. The molecule has 1 heterocycles. The summed E-state index contributed by atoms with van der Waals surface area (Å²) in [6.07, 6.45) is 17.9. The number of unbranched alkanes of at least 4 members (excludes halogenated alkanes) is 14. The van der Waals surface area contributed by atoms with Crippen LogP contribution >= 0.6 is 0 Å². The molecule has 25 heteroatoms. The number of halogens is 1. The maximum absolute atomic E-state index is 14.6. The smallest absolute Gasteiger partial charge is 0.407 e. The number of likely N-dealkylation sites (N-methyl/N-ethyl adjacent to an activating group) is 2. The van der Waals surface area contributed by atoms with Gasteiger partial charge in [0.1, 0.15) is 11.6 Å². The van der Waals surface area contributed by atoms with Crippen molar-refractivity contribution in [1.82, 2.24) is 20.0 Å². The van der Waals surface area contributed by atoms with Crippen molar-refractivity contribution in [1.29, 1.82) is 0 Å². The van der Waals surface area contributed by atoms with Gasteiger partial charge in [-0.1, -0.05) is 121 Å². The number of anilines is 3. The van der Waals surface area contributed by atoms with E-state index in [0.717, 1.165) is 148 Å². The molecule has 552 valence electrons. The average molecular weight is 1420 g/mol. The van der Waals surface area contributed by atoms with Gasteiger partial charge in [-0.2, -0.15) is 8.42 Å². The Kier molecular flexibility index (Phi) is 31.9. The Morgan fingerprint density at radius 2 is 1.04 bits per heavy atom. The van der Waals surface area contributed by atoms with Gasteiger partial charge in [-0.3, -0.25) is 28.8 Å². The van der Waals surface area contributed by atoms with E-state index in [1.807, 2.05) is 39.0 Å². The van der Waals surface area contributed by atoms with Crippen LogP contribution < -0.4 is 21.3 Å². The second kappa shape index (κ2) is 40.0. The third-order valence-electron chi connectivity index (χ3n) is 18.9. The molecule has 4 aromatic rings. The zero-order valence-electron chi connectivity index (χ0n) is 60.3. The zero-order chi connectivity index (χ0) is 73.0. The van der Waals surface area contributed by atoms with Gasteiger partial charge in [-0.15, -0.1) is 3.89 Å². The van der Waals surface area contributed by atoms with Crippen molar-refractivity contribution in [2.24, 2.45) is 5.11 Å². The van der Waals surface area contributed by atoms with Crippen LogP contribution in [0.3, 0.4) is 0 Å². The quantitative estimate of drug-likeness (QED) is 0.0105. The summed E-state index contributed by atoms with van der Waals surface area (Å²) in [6.45, 7) is 12.1. The van der Waals surface area contributed by atoms with Gasteiger partial charge in [-0.05, 0) is 159 Å². The van der Waals surface area contributed by atoms with E-state index in [-0.39, 0.29) is 107 Å². The number of ether oxygens (including phenoxy) is 4. The van der Waals surface area contributed by atoms with E-state index in [2.05, 4.69) is 81.5 Å². The monoisotopic (exact) mass is 1420 g/mol. The number of rotatable bonds is 44. The molecule has 0 saturated carbocycles. The Bertz CT molecular complexity index is 3520. The zero-order valence-corrected chi connectivity index (χ0v) is 61.2. The first-order chi connectivity index (χ1) is 48.5. The van der Waals surface area contributed by atoms with E-state index >= 15 is 0 Å². The highest BCUT2D eigenvalue weighted by Crippen LogP contribution is 2.62. The maximum atomic E-state index is 14.6. The lowest BCUT2D eigenvalue weighted by molar-refractivity contribution is -0.134. The number of hydrogen-bond acceptors (Lipinski definition) is 14. The minimum absolute atomic E-state index is 0.0326. The highest BCUT2D eigenvalue weighted by atomic mass is 32.3. The van der Waals surface area contributed by atoms with Crippen LogP contribution in [-0.4, -0.2) is 162 Å². The molecule has 1 aliphatic heterocycles. The summed E-state index contributed by atoms with van der Waals surface area (Å²) in [4.78, 5) is 102. The van der Waals surface area contributed by atoms with Crippen LogP contribution in [0.15, 0.2) is 88.9 Å². The number of hydrogen-bond donors (Lipinski definition) is 4. The predicted octanol–water partition coefficient (Wildman–Crippen LogP) is 14.0. The lowest BCUT2D eigenvalue weighted by Crippen LogP contribution is -2.47. The first-order valence-corrected chi connectivity index (χ1v) is 37.8. The number of likely N-dealkylation sites (tertiary alicyclic amines) is 1. The molecule has 2 atom stereocenters.